The molecule has 162 valence electrons. The van der Waals surface area contributed by atoms with Crippen LogP contribution in [0.4, 0.5) is 0 Å². The minimum absolute atomic E-state index is 0. The Morgan fingerprint density at radius 3 is 2.50 bits per heavy atom. The molecule has 1 aliphatic rings. The van der Waals surface area contributed by atoms with Gasteiger partial charge in [0.2, 0.25) is 0 Å². The summed E-state index contributed by atoms with van der Waals surface area (Å²) in [7, 11) is 0. The number of aromatic nitrogens is 2. The number of rotatable bonds is 10. The second kappa shape index (κ2) is 14.2. The van der Waals surface area contributed by atoms with Gasteiger partial charge in [-0.1, -0.05) is 26.7 Å². The maximum atomic E-state index is 5.55. The van der Waals surface area contributed by atoms with E-state index in [1.54, 1.807) is 0 Å². The Kier molecular flexibility index (Phi) is 12.7. The van der Waals surface area contributed by atoms with Crippen molar-refractivity contribution in [1.82, 2.24) is 25.3 Å². The van der Waals surface area contributed by atoms with Gasteiger partial charge in [0.1, 0.15) is 0 Å². The molecule has 0 aliphatic carbocycles. The summed E-state index contributed by atoms with van der Waals surface area (Å²) in [6.07, 6.45) is 6.34. The molecule has 0 bridgehead atoms. The number of halogens is 1. The largest absolute Gasteiger partial charge is 0.379 e. The molecule has 1 fully saturated rings. The normalized spacial score (nSPS) is 16.7. The summed E-state index contributed by atoms with van der Waals surface area (Å²) < 4.78 is 7.51. The van der Waals surface area contributed by atoms with E-state index in [4.69, 9.17) is 9.73 Å². The van der Waals surface area contributed by atoms with Crippen molar-refractivity contribution < 1.29 is 4.74 Å². The molecular formula is C20H39IN6O. The molecule has 0 aromatic carbocycles. The number of aliphatic imine (C=N–C) groups is 1. The van der Waals surface area contributed by atoms with Crippen LogP contribution in [0.5, 0.6) is 0 Å². The summed E-state index contributed by atoms with van der Waals surface area (Å²) in [4.78, 5) is 7.49. The maximum Gasteiger partial charge on any atom is 0.191 e. The Balaban J connectivity index is 0.00000392. The summed E-state index contributed by atoms with van der Waals surface area (Å²) in [5.74, 6) is 1.56. The molecule has 1 aliphatic heterocycles. The summed E-state index contributed by atoms with van der Waals surface area (Å²) >= 11 is 0. The molecule has 1 aromatic heterocycles. The predicted molar refractivity (Wildman–Crippen MR) is 127 cm³/mol. The first-order valence-corrected chi connectivity index (χ1v) is 10.5. The minimum atomic E-state index is 0. The average Bonchev–Trinajstić information content (AvgIpc) is 3.10. The van der Waals surface area contributed by atoms with E-state index in [1.807, 2.05) is 10.9 Å². The number of guanidine groups is 1. The van der Waals surface area contributed by atoms with E-state index in [0.29, 0.717) is 12.0 Å². The SMILES string of the molecule is CCNC(=NCC(C(CC)CC)N1CCOCC1)NCCn1cc(C)cn1.I. The van der Waals surface area contributed by atoms with Gasteiger partial charge < -0.3 is 15.4 Å². The topological polar surface area (TPSA) is 66.7 Å². The molecule has 0 saturated carbocycles. The summed E-state index contributed by atoms with van der Waals surface area (Å²) in [6.45, 7) is 15.8. The summed E-state index contributed by atoms with van der Waals surface area (Å²) in [5, 5.41) is 11.2. The number of nitrogens with one attached hydrogen (secondary N) is 2. The standard InChI is InChI=1S/C20H38N6O.HI/c1-5-18(6-2)19(25-10-12-27-13-11-25)15-23-20(21-7-3)22-8-9-26-16-17(4)14-24-26;/h14,16,18-19H,5-13,15H2,1-4H3,(H2,21,22,23);1H. The van der Waals surface area contributed by atoms with E-state index in [2.05, 4.69) is 54.5 Å². The smallest absolute Gasteiger partial charge is 0.191 e. The van der Waals surface area contributed by atoms with E-state index in [0.717, 1.165) is 58.4 Å². The van der Waals surface area contributed by atoms with E-state index in [1.165, 1.54) is 18.4 Å². The third-order valence-corrected chi connectivity index (χ3v) is 5.28. The number of ether oxygens (including phenoxy) is 1. The van der Waals surface area contributed by atoms with Crippen LogP contribution >= 0.6 is 24.0 Å². The van der Waals surface area contributed by atoms with Crippen molar-refractivity contribution in [1.29, 1.82) is 0 Å². The minimum Gasteiger partial charge on any atom is -0.379 e. The van der Waals surface area contributed by atoms with E-state index in [-0.39, 0.29) is 24.0 Å². The van der Waals surface area contributed by atoms with E-state index >= 15 is 0 Å². The van der Waals surface area contributed by atoms with Gasteiger partial charge in [-0.15, -0.1) is 24.0 Å². The number of nitrogens with zero attached hydrogens (tertiary/aromatic N) is 4. The second-order valence-electron chi connectivity index (χ2n) is 7.22. The monoisotopic (exact) mass is 506 g/mol. The van der Waals surface area contributed by atoms with Gasteiger partial charge in [0.15, 0.2) is 5.96 Å². The van der Waals surface area contributed by atoms with Crippen LogP contribution < -0.4 is 10.6 Å². The van der Waals surface area contributed by atoms with Crippen molar-refractivity contribution in [2.45, 2.75) is 53.1 Å². The highest BCUT2D eigenvalue weighted by atomic mass is 127. The third-order valence-electron chi connectivity index (χ3n) is 5.28. The van der Waals surface area contributed by atoms with Crippen LogP contribution in [-0.2, 0) is 11.3 Å². The van der Waals surface area contributed by atoms with Crippen molar-refractivity contribution in [2.24, 2.45) is 10.9 Å². The van der Waals surface area contributed by atoms with Gasteiger partial charge in [-0.05, 0) is 25.3 Å². The molecule has 2 heterocycles. The third kappa shape index (κ3) is 8.24. The molecule has 0 spiro atoms. The Morgan fingerprint density at radius 2 is 1.93 bits per heavy atom. The van der Waals surface area contributed by atoms with Crippen molar-refractivity contribution in [3.05, 3.63) is 18.0 Å². The van der Waals surface area contributed by atoms with Crippen LogP contribution in [-0.4, -0.2) is 72.6 Å². The molecule has 1 saturated heterocycles. The Hall–Kier alpha value is -0.870. The van der Waals surface area contributed by atoms with Crippen molar-refractivity contribution in [3.63, 3.8) is 0 Å². The van der Waals surface area contributed by atoms with Crippen molar-refractivity contribution in [3.8, 4) is 0 Å². The molecule has 1 atom stereocenters. The molecule has 0 amide bonds. The van der Waals surface area contributed by atoms with Gasteiger partial charge in [0, 0.05) is 38.4 Å². The van der Waals surface area contributed by atoms with Gasteiger partial charge in [-0.25, -0.2) is 0 Å². The Bertz CT molecular complexity index is 555. The molecule has 2 N–H and O–H groups in total. The van der Waals surface area contributed by atoms with Crippen LogP contribution in [0.2, 0.25) is 0 Å². The highest BCUT2D eigenvalue weighted by molar-refractivity contribution is 14.0. The van der Waals surface area contributed by atoms with Gasteiger partial charge in [-0.3, -0.25) is 14.6 Å². The highest BCUT2D eigenvalue weighted by Gasteiger charge is 2.26. The van der Waals surface area contributed by atoms with Gasteiger partial charge in [0.25, 0.3) is 0 Å². The van der Waals surface area contributed by atoms with Crippen LogP contribution in [0.25, 0.3) is 0 Å². The molecule has 0 radical (unpaired) electrons. The van der Waals surface area contributed by atoms with Crippen molar-refractivity contribution >= 4 is 29.9 Å². The van der Waals surface area contributed by atoms with Crippen LogP contribution in [0.3, 0.4) is 0 Å². The maximum absolute atomic E-state index is 5.55. The summed E-state index contributed by atoms with van der Waals surface area (Å²) in [5.41, 5.74) is 1.19. The zero-order valence-electron chi connectivity index (χ0n) is 18.0. The molecule has 1 aromatic rings. The first kappa shape index (κ1) is 25.2. The van der Waals surface area contributed by atoms with E-state index < -0.39 is 0 Å². The lowest BCUT2D eigenvalue weighted by Gasteiger charge is -2.38. The van der Waals surface area contributed by atoms with E-state index in [9.17, 15) is 0 Å². The van der Waals surface area contributed by atoms with Crippen LogP contribution in [0, 0.1) is 12.8 Å². The number of morpholine rings is 1. The van der Waals surface area contributed by atoms with Crippen molar-refractivity contribution in [2.75, 3.05) is 45.9 Å². The molecule has 28 heavy (non-hydrogen) atoms. The predicted octanol–water partition coefficient (Wildman–Crippen LogP) is 2.50. The number of aryl methyl sites for hydroxylation is 1. The van der Waals surface area contributed by atoms with Gasteiger partial charge in [0.05, 0.1) is 32.5 Å². The van der Waals surface area contributed by atoms with Gasteiger partial charge >= 0.3 is 0 Å². The first-order valence-electron chi connectivity index (χ1n) is 10.5. The molecule has 2 rings (SSSR count). The lowest BCUT2D eigenvalue weighted by Crippen LogP contribution is -2.49. The fourth-order valence-corrected chi connectivity index (χ4v) is 3.71. The summed E-state index contributed by atoms with van der Waals surface area (Å²) in [6, 6.07) is 0.480. The Labute approximate surface area is 187 Å². The fourth-order valence-electron chi connectivity index (χ4n) is 3.71. The zero-order valence-corrected chi connectivity index (χ0v) is 20.3. The quantitative estimate of drug-likeness (QED) is 0.290. The zero-order chi connectivity index (χ0) is 19.5. The Morgan fingerprint density at radius 1 is 1.21 bits per heavy atom. The van der Waals surface area contributed by atoms with Crippen LogP contribution in [0.1, 0.15) is 39.2 Å². The number of hydrogen-bond donors (Lipinski definition) is 2. The van der Waals surface area contributed by atoms with Gasteiger partial charge in [-0.2, -0.15) is 5.10 Å². The molecule has 8 heteroatoms. The fraction of sp³-hybridized carbons (Fsp3) is 0.800. The molecular weight excluding hydrogens is 467 g/mol. The highest BCUT2D eigenvalue weighted by Crippen LogP contribution is 2.20. The number of hydrogen-bond acceptors (Lipinski definition) is 4. The first-order chi connectivity index (χ1) is 13.2. The molecule has 1 unspecified atom stereocenters. The average molecular weight is 506 g/mol. The lowest BCUT2D eigenvalue weighted by atomic mass is 9.92. The van der Waals surface area contributed by atoms with Crippen LogP contribution in [0.15, 0.2) is 17.4 Å². The molecule has 7 nitrogen and oxygen atoms in total. The second-order valence-corrected chi connectivity index (χ2v) is 7.22. The lowest BCUT2D eigenvalue weighted by molar-refractivity contribution is 0.00395.